The molecule has 0 saturated heterocycles. The molecule has 0 aliphatic heterocycles. The van der Waals surface area contributed by atoms with Crippen molar-refractivity contribution in [3.05, 3.63) is 57.5 Å². The predicted molar refractivity (Wildman–Crippen MR) is 87.9 cm³/mol. The van der Waals surface area contributed by atoms with Gasteiger partial charge in [0.05, 0.1) is 20.8 Å². The van der Waals surface area contributed by atoms with E-state index in [4.69, 9.17) is 39.5 Å². The molecule has 0 aromatic heterocycles. The van der Waals surface area contributed by atoms with Crippen molar-refractivity contribution in [1.82, 2.24) is 0 Å². The molecule has 0 radical (unpaired) electrons. The summed E-state index contributed by atoms with van der Waals surface area (Å²) in [5.74, 6) is 0.536. The molecule has 2 rings (SSSR count). The van der Waals surface area contributed by atoms with Gasteiger partial charge in [-0.25, -0.2) is 0 Å². The quantitative estimate of drug-likeness (QED) is 0.809. The Hall–Kier alpha value is -1.13. The molecule has 0 heterocycles. The van der Waals surface area contributed by atoms with E-state index in [9.17, 15) is 5.11 Å². The molecule has 1 atom stereocenters. The fraction of sp³-hybridized carbons (Fsp3) is 0.200. The van der Waals surface area contributed by atoms with Crippen LogP contribution in [0.2, 0.25) is 15.1 Å². The van der Waals surface area contributed by atoms with Crippen LogP contribution in [-0.4, -0.2) is 24.4 Å². The number of aliphatic hydroxyl groups is 1. The van der Waals surface area contributed by atoms with Crippen molar-refractivity contribution in [2.24, 2.45) is 0 Å². The number of nitrogens with one attached hydrogen (secondary N) is 1. The van der Waals surface area contributed by atoms with E-state index in [1.807, 2.05) is 12.1 Å². The molecule has 1 unspecified atom stereocenters. The number of halogens is 3. The van der Waals surface area contributed by atoms with E-state index < -0.39 is 6.10 Å². The maximum absolute atomic E-state index is 9.93. The summed E-state index contributed by atoms with van der Waals surface area (Å²) in [5, 5.41) is 14.4. The topological polar surface area (TPSA) is 41.5 Å². The maximum atomic E-state index is 9.93. The van der Waals surface area contributed by atoms with Crippen molar-refractivity contribution in [3.63, 3.8) is 0 Å². The van der Waals surface area contributed by atoms with Crippen molar-refractivity contribution < 1.29 is 9.84 Å². The molecule has 2 N–H and O–H groups in total. The number of ether oxygens (including phenoxy) is 1. The Balaban J connectivity index is 1.85. The number of anilines is 1. The van der Waals surface area contributed by atoms with E-state index in [-0.39, 0.29) is 13.2 Å². The third-order valence-corrected chi connectivity index (χ3v) is 3.69. The summed E-state index contributed by atoms with van der Waals surface area (Å²) in [5.41, 5.74) is 0.595. The Morgan fingerprint density at radius 1 is 0.952 bits per heavy atom. The number of aliphatic hydroxyl groups excluding tert-OH is 1. The van der Waals surface area contributed by atoms with Crippen LogP contribution in [-0.2, 0) is 0 Å². The van der Waals surface area contributed by atoms with Gasteiger partial charge in [0.2, 0.25) is 0 Å². The second-order valence-electron chi connectivity index (χ2n) is 4.37. The van der Waals surface area contributed by atoms with Crippen molar-refractivity contribution in [2.45, 2.75) is 6.10 Å². The van der Waals surface area contributed by atoms with E-state index in [2.05, 4.69) is 5.32 Å². The molecule has 21 heavy (non-hydrogen) atoms. The van der Waals surface area contributed by atoms with Crippen LogP contribution in [0.15, 0.2) is 42.5 Å². The summed E-state index contributed by atoms with van der Waals surface area (Å²) < 4.78 is 5.46. The van der Waals surface area contributed by atoms with Crippen molar-refractivity contribution >= 4 is 40.5 Å². The highest BCUT2D eigenvalue weighted by Gasteiger charge is 2.10. The minimum atomic E-state index is -0.728. The molecule has 0 saturated carbocycles. The first-order chi connectivity index (χ1) is 10.1. The SMILES string of the molecule is OC(CNc1c(Cl)cccc1Cl)COc1ccccc1Cl. The minimum absolute atomic E-state index is 0.110. The monoisotopic (exact) mass is 345 g/mol. The second kappa shape index (κ2) is 7.76. The number of rotatable bonds is 6. The van der Waals surface area contributed by atoms with Crippen LogP contribution in [0.25, 0.3) is 0 Å². The molecule has 0 aliphatic carbocycles. The molecule has 2 aromatic carbocycles. The lowest BCUT2D eigenvalue weighted by Gasteiger charge is -2.16. The lowest BCUT2D eigenvalue weighted by atomic mass is 10.3. The Morgan fingerprint density at radius 3 is 2.24 bits per heavy atom. The Kier molecular flexibility index (Phi) is 6.00. The van der Waals surface area contributed by atoms with Gasteiger partial charge in [-0.1, -0.05) is 53.0 Å². The van der Waals surface area contributed by atoms with Gasteiger partial charge in [0.1, 0.15) is 18.5 Å². The first-order valence-corrected chi connectivity index (χ1v) is 7.44. The van der Waals surface area contributed by atoms with Gasteiger partial charge in [-0.15, -0.1) is 0 Å². The molecule has 6 heteroatoms. The van der Waals surface area contributed by atoms with Gasteiger partial charge in [-0.3, -0.25) is 0 Å². The van der Waals surface area contributed by atoms with Gasteiger partial charge < -0.3 is 15.2 Å². The molecular weight excluding hydrogens is 333 g/mol. The summed E-state index contributed by atoms with van der Waals surface area (Å²) in [4.78, 5) is 0. The normalized spacial score (nSPS) is 12.0. The molecule has 2 aromatic rings. The average Bonchev–Trinajstić information content (AvgIpc) is 2.46. The molecule has 112 valence electrons. The first-order valence-electron chi connectivity index (χ1n) is 6.31. The van der Waals surface area contributed by atoms with Crippen LogP contribution in [0.3, 0.4) is 0 Å². The Bertz CT molecular complexity index is 587. The number of hydrogen-bond donors (Lipinski definition) is 2. The fourth-order valence-electron chi connectivity index (χ4n) is 1.69. The van der Waals surface area contributed by atoms with Gasteiger partial charge in [0, 0.05) is 6.54 Å². The zero-order chi connectivity index (χ0) is 15.2. The second-order valence-corrected chi connectivity index (χ2v) is 5.59. The predicted octanol–water partition coefficient (Wildman–Crippen LogP) is 4.50. The zero-order valence-corrected chi connectivity index (χ0v) is 13.3. The lowest BCUT2D eigenvalue weighted by Crippen LogP contribution is -2.26. The van der Waals surface area contributed by atoms with E-state index in [0.717, 1.165) is 0 Å². The van der Waals surface area contributed by atoms with Crippen molar-refractivity contribution in [2.75, 3.05) is 18.5 Å². The van der Waals surface area contributed by atoms with E-state index in [0.29, 0.717) is 26.5 Å². The van der Waals surface area contributed by atoms with Gasteiger partial charge >= 0.3 is 0 Å². The third kappa shape index (κ3) is 4.68. The van der Waals surface area contributed by atoms with E-state index in [1.54, 1.807) is 30.3 Å². The summed E-state index contributed by atoms with van der Waals surface area (Å²) >= 11 is 18.0. The van der Waals surface area contributed by atoms with Crippen LogP contribution in [0, 0.1) is 0 Å². The van der Waals surface area contributed by atoms with Crippen LogP contribution in [0.1, 0.15) is 0 Å². The van der Waals surface area contributed by atoms with Gasteiger partial charge in [-0.05, 0) is 24.3 Å². The van der Waals surface area contributed by atoms with Gasteiger partial charge in [0.15, 0.2) is 0 Å². The summed E-state index contributed by atoms with van der Waals surface area (Å²) in [6, 6.07) is 12.3. The van der Waals surface area contributed by atoms with Gasteiger partial charge in [-0.2, -0.15) is 0 Å². The molecule has 3 nitrogen and oxygen atoms in total. The maximum Gasteiger partial charge on any atom is 0.138 e. The highest BCUT2D eigenvalue weighted by molar-refractivity contribution is 6.39. The molecule has 0 fully saturated rings. The highest BCUT2D eigenvalue weighted by Crippen LogP contribution is 2.29. The smallest absolute Gasteiger partial charge is 0.138 e. The van der Waals surface area contributed by atoms with Crippen molar-refractivity contribution in [1.29, 1.82) is 0 Å². The number of benzene rings is 2. The highest BCUT2D eigenvalue weighted by atomic mass is 35.5. The molecule has 0 aliphatic rings. The van der Waals surface area contributed by atoms with Crippen LogP contribution >= 0.6 is 34.8 Å². The van der Waals surface area contributed by atoms with Crippen LogP contribution < -0.4 is 10.1 Å². The Labute approximate surface area is 138 Å². The largest absolute Gasteiger partial charge is 0.489 e. The van der Waals surface area contributed by atoms with Crippen LogP contribution in [0.4, 0.5) is 5.69 Å². The van der Waals surface area contributed by atoms with E-state index >= 15 is 0 Å². The summed E-state index contributed by atoms with van der Waals surface area (Å²) in [7, 11) is 0. The first kappa shape index (κ1) is 16.2. The molecule has 0 amide bonds. The fourth-order valence-corrected chi connectivity index (χ4v) is 2.41. The minimum Gasteiger partial charge on any atom is -0.489 e. The standard InChI is InChI=1S/C15H14Cl3NO2/c16-11-4-1-2-7-14(11)21-9-10(20)8-19-15-12(17)5-3-6-13(15)18/h1-7,10,19-20H,8-9H2. The molecule has 0 bridgehead atoms. The van der Waals surface area contributed by atoms with Crippen molar-refractivity contribution in [3.8, 4) is 5.75 Å². The molecule has 0 spiro atoms. The van der Waals surface area contributed by atoms with Crippen LogP contribution in [0.5, 0.6) is 5.75 Å². The average molecular weight is 347 g/mol. The van der Waals surface area contributed by atoms with E-state index in [1.165, 1.54) is 0 Å². The lowest BCUT2D eigenvalue weighted by molar-refractivity contribution is 0.117. The zero-order valence-electron chi connectivity index (χ0n) is 11.0. The van der Waals surface area contributed by atoms with Gasteiger partial charge in [0.25, 0.3) is 0 Å². The third-order valence-electron chi connectivity index (χ3n) is 2.75. The molecular formula is C15H14Cl3NO2. The summed E-state index contributed by atoms with van der Waals surface area (Å²) in [6.45, 7) is 0.368. The Morgan fingerprint density at radius 2 is 1.57 bits per heavy atom. The number of hydrogen-bond acceptors (Lipinski definition) is 3. The summed E-state index contributed by atoms with van der Waals surface area (Å²) in [6.07, 6.45) is -0.728. The number of para-hydroxylation sites is 2.